The lowest BCUT2D eigenvalue weighted by Gasteiger charge is -2.25. The first-order chi connectivity index (χ1) is 13.6. The standard InChI is InChI=1S/C21H19F2N3O2/c1-27-14-21(22,23)15-7-9-17(10-8-15)28-20-18(5-3-12-24-20)19-6-2-4-16-11-13-25-26(16)19/h2-7,9-13,15H,8,14H2,1H3. The number of hydrogen-bond acceptors (Lipinski definition) is 4. The molecule has 0 bridgehead atoms. The minimum absolute atomic E-state index is 0.166. The number of alkyl halides is 2. The van der Waals surface area contributed by atoms with E-state index in [1.807, 2.05) is 36.4 Å². The van der Waals surface area contributed by atoms with Crippen molar-refractivity contribution in [2.24, 2.45) is 5.92 Å². The Balaban J connectivity index is 1.59. The molecule has 0 saturated heterocycles. The van der Waals surface area contributed by atoms with Gasteiger partial charge < -0.3 is 9.47 Å². The number of methoxy groups -OCH3 is 1. The third-order valence-corrected chi connectivity index (χ3v) is 4.63. The van der Waals surface area contributed by atoms with Gasteiger partial charge in [0.25, 0.3) is 5.92 Å². The molecule has 0 saturated carbocycles. The number of nitrogens with zero attached hydrogens (tertiary/aromatic N) is 3. The maximum absolute atomic E-state index is 14.0. The van der Waals surface area contributed by atoms with Crippen molar-refractivity contribution in [2.75, 3.05) is 13.7 Å². The van der Waals surface area contributed by atoms with E-state index in [1.54, 1.807) is 29.1 Å². The van der Waals surface area contributed by atoms with Gasteiger partial charge in [0, 0.05) is 19.2 Å². The molecule has 0 N–H and O–H groups in total. The second kappa shape index (κ2) is 7.52. The molecule has 1 atom stereocenters. The molecule has 0 spiro atoms. The Morgan fingerprint density at radius 2 is 2.07 bits per heavy atom. The van der Waals surface area contributed by atoms with Gasteiger partial charge in [0.1, 0.15) is 12.4 Å². The van der Waals surface area contributed by atoms with Crippen molar-refractivity contribution in [2.45, 2.75) is 12.3 Å². The summed E-state index contributed by atoms with van der Waals surface area (Å²) in [6, 6.07) is 11.4. The van der Waals surface area contributed by atoms with Crippen LogP contribution >= 0.6 is 0 Å². The summed E-state index contributed by atoms with van der Waals surface area (Å²) in [7, 11) is 1.27. The molecule has 3 heterocycles. The summed E-state index contributed by atoms with van der Waals surface area (Å²) < 4.78 is 40.4. The Morgan fingerprint density at radius 1 is 1.18 bits per heavy atom. The Kier molecular flexibility index (Phi) is 4.92. The lowest BCUT2D eigenvalue weighted by atomic mass is 9.93. The molecule has 0 amide bonds. The van der Waals surface area contributed by atoms with Crippen LogP contribution in [0.4, 0.5) is 8.78 Å². The molecule has 3 aromatic rings. The lowest BCUT2D eigenvalue weighted by Crippen LogP contribution is -2.32. The van der Waals surface area contributed by atoms with Gasteiger partial charge in [0.2, 0.25) is 5.88 Å². The minimum atomic E-state index is -2.92. The van der Waals surface area contributed by atoms with E-state index in [4.69, 9.17) is 4.74 Å². The van der Waals surface area contributed by atoms with Crippen molar-refractivity contribution < 1.29 is 18.3 Å². The summed E-state index contributed by atoms with van der Waals surface area (Å²) in [5.74, 6) is -2.96. The van der Waals surface area contributed by atoms with Crippen molar-refractivity contribution in [1.29, 1.82) is 0 Å². The number of allylic oxidation sites excluding steroid dienone is 3. The lowest BCUT2D eigenvalue weighted by molar-refractivity contribution is -0.0941. The maximum atomic E-state index is 14.0. The zero-order chi connectivity index (χ0) is 19.6. The number of ether oxygens (including phenoxy) is 2. The average molecular weight is 383 g/mol. The van der Waals surface area contributed by atoms with Crippen molar-refractivity contribution in [3.8, 4) is 17.1 Å². The second-order valence-corrected chi connectivity index (χ2v) is 6.54. The van der Waals surface area contributed by atoms with Crippen LogP contribution < -0.4 is 4.74 Å². The van der Waals surface area contributed by atoms with E-state index in [2.05, 4.69) is 14.8 Å². The molecule has 0 fully saturated rings. The van der Waals surface area contributed by atoms with Gasteiger partial charge in [-0.25, -0.2) is 18.3 Å². The molecular formula is C21H19F2N3O2. The minimum Gasteiger partial charge on any atom is -0.439 e. The van der Waals surface area contributed by atoms with Crippen LogP contribution in [0.2, 0.25) is 0 Å². The Hall–Kier alpha value is -3.06. The van der Waals surface area contributed by atoms with Crippen molar-refractivity contribution in [3.63, 3.8) is 0 Å². The van der Waals surface area contributed by atoms with E-state index in [9.17, 15) is 8.78 Å². The molecule has 1 aliphatic carbocycles. The van der Waals surface area contributed by atoms with Gasteiger partial charge in [-0.2, -0.15) is 5.10 Å². The molecule has 0 aromatic carbocycles. The summed E-state index contributed by atoms with van der Waals surface area (Å²) in [6.07, 6.45) is 8.20. The van der Waals surface area contributed by atoms with Crippen LogP contribution in [-0.2, 0) is 4.74 Å². The average Bonchev–Trinajstić information content (AvgIpc) is 3.18. The molecule has 7 heteroatoms. The number of fused-ring (bicyclic) bond motifs is 1. The summed E-state index contributed by atoms with van der Waals surface area (Å²) in [4.78, 5) is 4.33. The molecule has 3 aromatic heterocycles. The molecule has 5 nitrogen and oxygen atoms in total. The van der Waals surface area contributed by atoms with Gasteiger partial charge in [-0.1, -0.05) is 12.1 Å². The van der Waals surface area contributed by atoms with E-state index < -0.39 is 18.4 Å². The Morgan fingerprint density at radius 3 is 2.86 bits per heavy atom. The first-order valence-electron chi connectivity index (χ1n) is 8.89. The number of halogens is 2. The Labute approximate surface area is 160 Å². The van der Waals surface area contributed by atoms with Gasteiger partial charge >= 0.3 is 0 Å². The zero-order valence-electron chi connectivity index (χ0n) is 15.3. The monoisotopic (exact) mass is 383 g/mol. The normalized spacial score (nSPS) is 17.0. The molecule has 144 valence electrons. The van der Waals surface area contributed by atoms with Gasteiger partial charge in [0.15, 0.2) is 0 Å². The zero-order valence-corrected chi connectivity index (χ0v) is 15.3. The summed E-state index contributed by atoms with van der Waals surface area (Å²) in [5.41, 5.74) is 2.54. The van der Waals surface area contributed by atoms with Gasteiger partial charge in [-0.15, -0.1) is 0 Å². The number of aromatic nitrogens is 3. The largest absolute Gasteiger partial charge is 0.439 e. The van der Waals surface area contributed by atoms with Crippen molar-refractivity contribution in [1.82, 2.24) is 14.6 Å². The smallest absolute Gasteiger partial charge is 0.277 e. The van der Waals surface area contributed by atoms with Crippen LogP contribution in [0.15, 0.2) is 72.8 Å². The van der Waals surface area contributed by atoms with E-state index >= 15 is 0 Å². The second-order valence-electron chi connectivity index (χ2n) is 6.54. The molecule has 1 unspecified atom stereocenters. The van der Waals surface area contributed by atoms with E-state index in [0.717, 1.165) is 16.8 Å². The predicted octanol–water partition coefficient (Wildman–Crippen LogP) is 4.52. The third kappa shape index (κ3) is 3.53. The van der Waals surface area contributed by atoms with E-state index in [0.29, 0.717) is 11.6 Å². The molecule has 0 radical (unpaired) electrons. The van der Waals surface area contributed by atoms with E-state index in [1.165, 1.54) is 13.2 Å². The maximum Gasteiger partial charge on any atom is 0.277 e. The highest BCUT2D eigenvalue weighted by Crippen LogP contribution is 2.34. The van der Waals surface area contributed by atoms with Crippen LogP contribution in [0.25, 0.3) is 16.8 Å². The SMILES string of the molecule is COCC(F)(F)C1C=CC(Oc2ncccc2-c2cccc3ccnn23)=CC1. The molecule has 1 aliphatic rings. The highest BCUT2D eigenvalue weighted by Gasteiger charge is 2.38. The van der Waals surface area contributed by atoms with Crippen LogP contribution in [0, 0.1) is 5.92 Å². The Bertz CT molecular complexity index is 1040. The van der Waals surface area contributed by atoms with Crippen LogP contribution in [0.1, 0.15) is 6.42 Å². The molecular weight excluding hydrogens is 364 g/mol. The predicted molar refractivity (Wildman–Crippen MR) is 101 cm³/mol. The molecule has 28 heavy (non-hydrogen) atoms. The third-order valence-electron chi connectivity index (χ3n) is 4.63. The van der Waals surface area contributed by atoms with Crippen molar-refractivity contribution in [3.05, 3.63) is 72.8 Å². The molecule has 4 rings (SSSR count). The van der Waals surface area contributed by atoms with Crippen LogP contribution in [0.3, 0.4) is 0 Å². The van der Waals surface area contributed by atoms with Gasteiger partial charge in [0.05, 0.1) is 23.0 Å². The highest BCUT2D eigenvalue weighted by atomic mass is 19.3. The highest BCUT2D eigenvalue weighted by molar-refractivity contribution is 5.68. The van der Waals surface area contributed by atoms with Crippen LogP contribution in [-0.4, -0.2) is 34.2 Å². The van der Waals surface area contributed by atoms with Crippen LogP contribution in [0.5, 0.6) is 5.88 Å². The summed E-state index contributed by atoms with van der Waals surface area (Å²) >= 11 is 0. The number of hydrogen-bond donors (Lipinski definition) is 0. The van der Waals surface area contributed by atoms with Gasteiger partial charge in [-0.05, 0) is 48.9 Å². The number of pyridine rings is 2. The van der Waals surface area contributed by atoms with Crippen molar-refractivity contribution >= 4 is 5.52 Å². The fraction of sp³-hybridized carbons (Fsp3) is 0.238. The quantitative estimate of drug-likeness (QED) is 0.628. The van der Waals surface area contributed by atoms with Gasteiger partial charge in [-0.3, -0.25) is 0 Å². The fourth-order valence-electron chi connectivity index (χ4n) is 3.22. The number of rotatable bonds is 6. The fourth-order valence-corrected chi connectivity index (χ4v) is 3.22. The first kappa shape index (κ1) is 18.3. The summed E-state index contributed by atoms with van der Waals surface area (Å²) in [6.45, 7) is -0.607. The topological polar surface area (TPSA) is 48.7 Å². The summed E-state index contributed by atoms with van der Waals surface area (Å²) in [5, 5.41) is 4.35. The first-order valence-corrected chi connectivity index (χ1v) is 8.89. The van der Waals surface area contributed by atoms with E-state index in [-0.39, 0.29) is 6.42 Å². The molecule has 0 aliphatic heterocycles.